The van der Waals surface area contributed by atoms with Crippen molar-refractivity contribution in [3.63, 3.8) is 0 Å². The Bertz CT molecular complexity index is 177. The number of anilines is 1. The maximum atomic E-state index is 5.55. The number of hydrogen-bond donors (Lipinski definition) is 1. The minimum absolute atomic E-state index is 0. The second-order valence-electron chi connectivity index (χ2n) is 1.70. The van der Waals surface area contributed by atoms with Crippen LogP contribution in [0.3, 0.4) is 0 Å². The minimum atomic E-state index is 0. The lowest BCUT2D eigenvalue weighted by molar-refractivity contribution is 1.58. The van der Waals surface area contributed by atoms with Crippen molar-refractivity contribution in [3.8, 4) is 0 Å². The van der Waals surface area contributed by atoms with Crippen LogP contribution in [0.25, 0.3) is 0 Å². The van der Waals surface area contributed by atoms with Crippen LogP contribution in [0.4, 0.5) is 5.69 Å². The average molecular weight is 381 g/mol. The van der Waals surface area contributed by atoms with Crippen molar-refractivity contribution in [1.82, 2.24) is 0 Å². The third-order valence-electron chi connectivity index (χ3n) is 0.885. The Labute approximate surface area is 93.4 Å². The van der Waals surface area contributed by atoms with Crippen LogP contribution in [-0.4, -0.2) is 0 Å². The Balaban J connectivity index is 0.000000810. The summed E-state index contributed by atoms with van der Waals surface area (Å²) < 4.78 is 2.38. The molecular formula is C6H6ClI2N. The first-order valence-electron chi connectivity index (χ1n) is 2.40. The summed E-state index contributed by atoms with van der Waals surface area (Å²) in [5.41, 5.74) is 6.39. The molecule has 0 aliphatic rings. The summed E-state index contributed by atoms with van der Waals surface area (Å²) in [5, 5.41) is 0. The molecule has 4 heteroatoms. The molecule has 0 unspecified atom stereocenters. The van der Waals surface area contributed by atoms with Gasteiger partial charge in [-0.05, 0) is 63.4 Å². The van der Waals surface area contributed by atoms with Gasteiger partial charge >= 0.3 is 0 Å². The molecule has 0 amide bonds. The highest BCUT2D eigenvalue weighted by Crippen LogP contribution is 2.14. The molecule has 2 N–H and O–H groups in total. The quantitative estimate of drug-likeness (QED) is 0.543. The van der Waals surface area contributed by atoms with Gasteiger partial charge in [0.15, 0.2) is 0 Å². The maximum Gasteiger partial charge on any atom is 0.0335 e. The molecule has 0 saturated heterocycles. The zero-order valence-corrected chi connectivity index (χ0v) is 10.1. The Kier molecular flexibility index (Phi) is 4.96. The zero-order chi connectivity index (χ0) is 6.85. The molecule has 1 aromatic carbocycles. The first kappa shape index (κ1) is 10.8. The SMILES string of the molecule is Cl.Nc1cc(I)cc(I)c1. The molecule has 56 valence electrons. The lowest BCUT2D eigenvalue weighted by Gasteiger charge is -1.94. The highest BCUT2D eigenvalue weighted by atomic mass is 127. The molecule has 0 aromatic heterocycles. The summed E-state index contributed by atoms with van der Waals surface area (Å²) in [6.07, 6.45) is 0. The van der Waals surface area contributed by atoms with E-state index in [0.717, 1.165) is 5.69 Å². The van der Waals surface area contributed by atoms with E-state index in [4.69, 9.17) is 5.73 Å². The maximum absolute atomic E-state index is 5.55. The van der Waals surface area contributed by atoms with Gasteiger partial charge in [-0.15, -0.1) is 12.4 Å². The fraction of sp³-hybridized carbons (Fsp3) is 0. The molecule has 0 spiro atoms. The summed E-state index contributed by atoms with van der Waals surface area (Å²) in [4.78, 5) is 0. The molecule has 1 rings (SSSR count). The third-order valence-corrected chi connectivity index (χ3v) is 2.13. The van der Waals surface area contributed by atoms with E-state index in [1.165, 1.54) is 7.14 Å². The molecule has 0 aliphatic carbocycles. The normalized spacial score (nSPS) is 8.60. The van der Waals surface area contributed by atoms with Crippen molar-refractivity contribution in [2.75, 3.05) is 5.73 Å². The summed E-state index contributed by atoms with van der Waals surface area (Å²) in [7, 11) is 0. The van der Waals surface area contributed by atoms with E-state index >= 15 is 0 Å². The van der Waals surface area contributed by atoms with Gasteiger partial charge in [0.1, 0.15) is 0 Å². The van der Waals surface area contributed by atoms with Gasteiger partial charge in [0, 0.05) is 12.8 Å². The third kappa shape index (κ3) is 3.25. The predicted octanol–water partition coefficient (Wildman–Crippen LogP) is 2.90. The van der Waals surface area contributed by atoms with Crippen molar-refractivity contribution in [3.05, 3.63) is 25.3 Å². The van der Waals surface area contributed by atoms with E-state index < -0.39 is 0 Å². The van der Waals surface area contributed by atoms with Crippen molar-refractivity contribution in [2.45, 2.75) is 0 Å². The molecule has 0 fully saturated rings. The van der Waals surface area contributed by atoms with Gasteiger partial charge in [-0.2, -0.15) is 0 Å². The van der Waals surface area contributed by atoms with Crippen LogP contribution in [0.15, 0.2) is 18.2 Å². The highest BCUT2D eigenvalue weighted by Gasteiger charge is 1.90. The summed E-state index contributed by atoms with van der Waals surface area (Å²) >= 11 is 4.49. The number of nitrogen functional groups attached to an aromatic ring is 1. The van der Waals surface area contributed by atoms with Gasteiger partial charge in [-0.25, -0.2) is 0 Å². The largest absolute Gasteiger partial charge is 0.399 e. The minimum Gasteiger partial charge on any atom is -0.399 e. The fourth-order valence-corrected chi connectivity index (χ4v) is 2.56. The molecule has 0 heterocycles. The van der Waals surface area contributed by atoms with Gasteiger partial charge in [0.2, 0.25) is 0 Å². The number of nitrogens with two attached hydrogens (primary N) is 1. The number of hydrogen-bond acceptors (Lipinski definition) is 1. The smallest absolute Gasteiger partial charge is 0.0335 e. The molecule has 0 bridgehead atoms. The summed E-state index contributed by atoms with van der Waals surface area (Å²) in [5.74, 6) is 0. The topological polar surface area (TPSA) is 26.0 Å². The summed E-state index contributed by atoms with van der Waals surface area (Å²) in [6.45, 7) is 0. The molecule has 1 aromatic rings. The second-order valence-corrected chi connectivity index (χ2v) is 4.19. The fourth-order valence-electron chi connectivity index (χ4n) is 0.575. The van der Waals surface area contributed by atoms with E-state index in [1.54, 1.807) is 0 Å². The van der Waals surface area contributed by atoms with Crippen LogP contribution in [0.5, 0.6) is 0 Å². The van der Waals surface area contributed by atoms with Crippen LogP contribution >= 0.6 is 57.6 Å². The van der Waals surface area contributed by atoms with Crippen molar-refractivity contribution in [1.29, 1.82) is 0 Å². The van der Waals surface area contributed by atoms with Crippen LogP contribution in [0, 0.1) is 7.14 Å². The van der Waals surface area contributed by atoms with Crippen molar-refractivity contribution in [2.24, 2.45) is 0 Å². The molecule has 0 aliphatic heterocycles. The number of benzene rings is 1. The lowest BCUT2D eigenvalue weighted by atomic mass is 10.3. The Morgan fingerprint density at radius 2 is 1.40 bits per heavy atom. The Morgan fingerprint density at radius 3 is 1.70 bits per heavy atom. The average Bonchev–Trinajstić information content (AvgIpc) is 1.59. The van der Waals surface area contributed by atoms with Gasteiger partial charge in [0.05, 0.1) is 0 Å². The molecule has 1 nitrogen and oxygen atoms in total. The number of halogens is 3. The van der Waals surface area contributed by atoms with Gasteiger partial charge in [0.25, 0.3) is 0 Å². The van der Waals surface area contributed by atoms with Crippen molar-refractivity contribution < 1.29 is 0 Å². The standard InChI is InChI=1S/C6H5I2N.ClH/c7-4-1-5(8)3-6(9)2-4;/h1-3H,9H2;1H. The molecule has 0 saturated carbocycles. The van der Waals surface area contributed by atoms with Crippen molar-refractivity contribution >= 4 is 63.3 Å². The first-order valence-corrected chi connectivity index (χ1v) is 4.56. The zero-order valence-electron chi connectivity index (χ0n) is 4.97. The van der Waals surface area contributed by atoms with Crippen LogP contribution in [0.1, 0.15) is 0 Å². The van der Waals surface area contributed by atoms with Crippen LogP contribution in [0.2, 0.25) is 0 Å². The monoisotopic (exact) mass is 381 g/mol. The van der Waals surface area contributed by atoms with E-state index in [0.29, 0.717) is 0 Å². The predicted molar refractivity (Wildman–Crippen MR) is 63.5 cm³/mol. The Morgan fingerprint density at radius 1 is 1.00 bits per heavy atom. The Hall–Kier alpha value is 0.770. The molecule has 0 radical (unpaired) electrons. The lowest BCUT2D eigenvalue weighted by Crippen LogP contribution is -1.85. The van der Waals surface area contributed by atoms with E-state index in [2.05, 4.69) is 51.2 Å². The first-order chi connectivity index (χ1) is 4.18. The van der Waals surface area contributed by atoms with E-state index in [9.17, 15) is 0 Å². The molecule has 10 heavy (non-hydrogen) atoms. The number of rotatable bonds is 0. The summed E-state index contributed by atoms with van der Waals surface area (Å²) in [6, 6.07) is 5.98. The molecular weight excluding hydrogens is 375 g/mol. The molecule has 0 atom stereocenters. The van der Waals surface area contributed by atoms with E-state index in [-0.39, 0.29) is 12.4 Å². The second kappa shape index (κ2) is 4.61. The van der Waals surface area contributed by atoms with Gasteiger partial charge in [-0.1, -0.05) is 0 Å². The van der Waals surface area contributed by atoms with Gasteiger partial charge < -0.3 is 5.73 Å². The highest BCUT2D eigenvalue weighted by molar-refractivity contribution is 14.1. The van der Waals surface area contributed by atoms with Gasteiger partial charge in [-0.3, -0.25) is 0 Å². The van der Waals surface area contributed by atoms with E-state index in [1.807, 2.05) is 12.1 Å². The van der Waals surface area contributed by atoms with Crippen LogP contribution in [-0.2, 0) is 0 Å². The van der Waals surface area contributed by atoms with Crippen LogP contribution < -0.4 is 5.73 Å².